The second kappa shape index (κ2) is 9.33. The SMILES string of the molecule is Cc1ccc([C@@H](C)NC(=O)CN[C@@H](C(=O)N(C)C)c2ccccc2)cc1C. The molecule has 5 heteroatoms. The van der Waals surface area contributed by atoms with E-state index in [4.69, 9.17) is 0 Å². The van der Waals surface area contributed by atoms with Gasteiger partial charge in [0, 0.05) is 14.1 Å². The van der Waals surface area contributed by atoms with Crippen molar-refractivity contribution in [3.05, 3.63) is 70.8 Å². The number of rotatable bonds is 7. The van der Waals surface area contributed by atoms with E-state index in [0.717, 1.165) is 11.1 Å². The fourth-order valence-corrected chi connectivity index (χ4v) is 2.86. The molecule has 0 saturated heterocycles. The molecule has 2 atom stereocenters. The Kier molecular flexibility index (Phi) is 7.13. The molecule has 0 spiro atoms. The standard InChI is InChI=1S/C22H29N3O2/c1-15-11-12-19(13-16(15)2)17(3)24-20(26)14-23-21(22(27)25(4)5)18-9-7-6-8-10-18/h6-13,17,21,23H,14H2,1-5H3,(H,24,26)/t17-,21-/m1/s1. The van der Waals surface area contributed by atoms with Crippen molar-refractivity contribution < 1.29 is 9.59 Å². The summed E-state index contributed by atoms with van der Waals surface area (Å²) in [4.78, 5) is 26.4. The molecule has 0 fully saturated rings. The molecule has 2 aromatic rings. The lowest BCUT2D eigenvalue weighted by molar-refractivity contribution is -0.131. The molecule has 0 aromatic heterocycles. The maximum atomic E-state index is 12.5. The number of nitrogens with one attached hydrogen (secondary N) is 2. The van der Waals surface area contributed by atoms with Crippen LogP contribution >= 0.6 is 0 Å². The van der Waals surface area contributed by atoms with E-state index in [2.05, 4.69) is 36.6 Å². The fourth-order valence-electron chi connectivity index (χ4n) is 2.86. The summed E-state index contributed by atoms with van der Waals surface area (Å²) < 4.78 is 0. The first-order valence-corrected chi connectivity index (χ1v) is 9.15. The highest BCUT2D eigenvalue weighted by Gasteiger charge is 2.22. The van der Waals surface area contributed by atoms with Gasteiger partial charge in [-0.05, 0) is 43.0 Å². The summed E-state index contributed by atoms with van der Waals surface area (Å²) in [6.45, 7) is 6.15. The molecule has 0 aliphatic heterocycles. The lowest BCUT2D eigenvalue weighted by atomic mass is 10.0. The molecule has 27 heavy (non-hydrogen) atoms. The van der Waals surface area contributed by atoms with E-state index in [-0.39, 0.29) is 24.4 Å². The fraction of sp³-hybridized carbons (Fsp3) is 0.364. The summed E-state index contributed by atoms with van der Waals surface area (Å²) >= 11 is 0. The van der Waals surface area contributed by atoms with Gasteiger partial charge in [0.2, 0.25) is 11.8 Å². The molecule has 0 radical (unpaired) electrons. The Labute approximate surface area is 161 Å². The van der Waals surface area contributed by atoms with Crippen LogP contribution in [0.15, 0.2) is 48.5 Å². The summed E-state index contributed by atoms with van der Waals surface area (Å²) in [5, 5.41) is 6.08. The number of amides is 2. The van der Waals surface area contributed by atoms with Gasteiger partial charge in [0.1, 0.15) is 6.04 Å². The van der Waals surface area contributed by atoms with Crippen LogP contribution in [0.3, 0.4) is 0 Å². The van der Waals surface area contributed by atoms with Crippen molar-refractivity contribution in [1.29, 1.82) is 0 Å². The zero-order valence-corrected chi connectivity index (χ0v) is 16.7. The number of likely N-dealkylation sites (N-methyl/N-ethyl adjacent to an activating group) is 1. The van der Waals surface area contributed by atoms with Crippen LogP contribution in [0.1, 0.15) is 41.3 Å². The third-order valence-corrected chi connectivity index (χ3v) is 4.70. The van der Waals surface area contributed by atoms with Gasteiger partial charge in [0.15, 0.2) is 0 Å². The topological polar surface area (TPSA) is 61.4 Å². The van der Waals surface area contributed by atoms with Crippen molar-refractivity contribution in [2.45, 2.75) is 32.9 Å². The van der Waals surface area contributed by atoms with Crippen LogP contribution in [-0.4, -0.2) is 37.4 Å². The number of nitrogens with zero attached hydrogens (tertiary/aromatic N) is 1. The first-order chi connectivity index (χ1) is 12.8. The van der Waals surface area contributed by atoms with Crippen LogP contribution in [-0.2, 0) is 9.59 Å². The predicted molar refractivity (Wildman–Crippen MR) is 108 cm³/mol. The molecule has 0 unspecified atom stereocenters. The second-order valence-corrected chi connectivity index (χ2v) is 7.09. The number of hydrogen-bond acceptors (Lipinski definition) is 3. The summed E-state index contributed by atoms with van der Waals surface area (Å²) in [7, 11) is 3.42. The van der Waals surface area contributed by atoms with E-state index in [9.17, 15) is 9.59 Å². The van der Waals surface area contributed by atoms with Gasteiger partial charge in [-0.2, -0.15) is 0 Å². The van der Waals surface area contributed by atoms with E-state index < -0.39 is 6.04 Å². The van der Waals surface area contributed by atoms with Gasteiger partial charge >= 0.3 is 0 Å². The first-order valence-electron chi connectivity index (χ1n) is 9.15. The minimum absolute atomic E-state index is 0.0638. The summed E-state index contributed by atoms with van der Waals surface area (Å²) in [5.74, 6) is -0.232. The summed E-state index contributed by atoms with van der Waals surface area (Å²) in [6.07, 6.45) is 0. The number of benzene rings is 2. The number of aryl methyl sites for hydroxylation is 2. The van der Waals surface area contributed by atoms with Crippen molar-refractivity contribution in [3.63, 3.8) is 0 Å². The minimum atomic E-state index is -0.552. The minimum Gasteiger partial charge on any atom is -0.348 e. The Morgan fingerprint density at radius 3 is 2.22 bits per heavy atom. The summed E-state index contributed by atoms with van der Waals surface area (Å²) in [5.41, 5.74) is 4.33. The average molecular weight is 367 g/mol. The van der Waals surface area contributed by atoms with Crippen LogP contribution in [0.2, 0.25) is 0 Å². The Bertz CT molecular complexity index is 787. The van der Waals surface area contributed by atoms with Crippen LogP contribution < -0.4 is 10.6 Å². The van der Waals surface area contributed by atoms with Gasteiger partial charge < -0.3 is 10.2 Å². The van der Waals surface area contributed by atoms with Crippen molar-refractivity contribution in [2.75, 3.05) is 20.6 Å². The Hall–Kier alpha value is -2.66. The molecular weight excluding hydrogens is 338 g/mol. The maximum absolute atomic E-state index is 12.5. The third kappa shape index (κ3) is 5.66. The molecule has 2 amide bonds. The molecule has 0 heterocycles. The quantitative estimate of drug-likeness (QED) is 0.791. The normalized spacial score (nSPS) is 12.9. The average Bonchev–Trinajstić information content (AvgIpc) is 2.64. The molecular formula is C22H29N3O2. The molecule has 2 aromatic carbocycles. The van der Waals surface area contributed by atoms with Crippen LogP contribution in [0, 0.1) is 13.8 Å². The van der Waals surface area contributed by atoms with Crippen molar-refractivity contribution in [1.82, 2.24) is 15.5 Å². The number of hydrogen-bond donors (Lipinski definition) is 2. The van der Waals surface area contributed by atoms with Gasteiger partial charge in [-0.25, -0.2) is 0 Å². The van der Waals surface area contributed by atoms with Crippen molar-refractivity contribution >= 4 is 11.8 Å². The van der Waals surface area contributed by atoms with Gasteiger partial charge in [0.05, 0.1) is 12.6 Å². The van der Waals surface area contributed by atoms with Crippen molar-refractivity contribution in [2.24, 2.45) is 0 Å². The smallest absolute Gasteiger partial charge is 0.243 e. The van der Waals surface area contributed by atoms with Gasteiger partial charge in [0.25, 0.3) is 0 Å². The van der Waals surface area contributed by atoms with Crippen LogP contribution in [0.25, 0.3) is 0 Å². The molecule has 5 nitrogen and oxygen atoms in total. The molecule has 0 saturated carbocycles. The molecule has 144 valence electrons. The Morgan fingerprint density at radius 2 is 1.63 bits per heavy atom. The largest absolute Gasteiger partial charge is 0.348 e. The highest BCUT2D eigenvalue weighted by Crippen LogP contribution is 2.17. The Morgan fingerprint density at radius 1 is 0.963 bits per heavy atom. The molecule has 0 aliphatic carbocycles. The van der Waals surface area contributed by atoms with E-state index >= 15 is 0 Å². The molecule has 0 aliphatic rings. The lowest BCUT2D eigenvalue weighted by Crippen LogP contribution is -2.42. The third-order valence-electron chi connectivity index (χ3n) is 4.70. The van der Waals surface area contributed by atoms with E-state index in [1.807, 2.05) is 43.3 Å². The zero-order chi connectivity index (χ0) is 20.0. The van der Waals surface area contributed by atoms with Crippen molar-refractivity contribution in [3.8, 4) is 0 Å². The van der Waals surface area contributed by atoms with Gasteiger partial charge in [-0.1, -0.05) is 48.5 Å². The molecule has 2 N–H and O–H groups in total. The van der Waals surface area contributed by atoms with Gasteiger partial charge in [-0.15, -0.1) is 0 Å². The maximum Gasteiger partial charge on any atom is 0.243 e. The highest BCUT2D eigenvalue weighted by atomic mass is 16.2. The highest BCUT2D eigenvalue weighted by molar-refractivity contribution is 5.84. The lowest BCUT2D eigenvalue weighted by Gasteiger charge is -2.22. The van der Waals surface area contributed by atoms with Crippen LogP contribution in [0.4, 0.5) is 0 Å². The second-order valence-electron chi connectivity index (χ2n) is 7.09. The monoisotopic (exact) mass is 367 g/mol. The predicted octanol–water partition coefficient (Wildman–Crippen LogP) is 2.90. The number of carbonyl (C=O) groups excluding carboxylic acids is 2. The van der Waals surface area contributed by atoms with E-state index in [1.165, 1.54) is 16.0 Å². The first kappa shape index (κ1) is 20.6. The van der Waals surface area contributed by atoms with E-state index in [0.29, 0.717) is 0 Å². The van der Waals surface area contributed by atoms with Gasteiger partial charge in [-0.3, -0.25) is 14.9 Å². The summed E-state index contributed by atoms with van der Waals surface area (Å²) in [6, 6.07) is 15.0. The van der Waals surface area contributed by atoms with E-state index in [1.54, 1.807) is 14.1 Å². The number of carbonyl (C=O) groups is 2. The Balaban J connectivity index is 2.00. The molecule has 2 rings (SSSR count). The van der Waals surface area contributed by atoms with Crippen LogP contribution in [0.5, 0.6) is 0 Å². The molecule has 0 bridgehead atoms. The zero-order valence-electron chi connectivity index (χ0n) is 16.7.